The number of thioether (sulfide) groups is 1. The minimum Gasteiger partial charge on any atom is -0.309 e. The number of hydrogen-bond acceptors (Lipinski definition) is 3. The second kappa shape index (κ2) is 6.69. The Morgan fingerprint density at radius 1 is 1.12 bits per heavy atom. The van der Waals surface area contributed by atoms with E-state index in [0.29, 0.717) is 10.7 Å². The van der Waals surface area contributed by atoms with Gasteiger partial charge in [0.05, 0.1) is 15.6 Å². The first-order valence-electron chi connectivity index (χ1n) is 7.62. The minimum absolute atomic E-state index is 0.0481. The molecule has 0 radical (unpaired) electrons. The molecule has 1 aliphatic rings. The van der Waals surface area contributed by atoms with Gasteiger partial charge in [0.2, 0.25) is 0 Å². The predicted octanol–water partition coefficient (Wildman–Crippen LogP) is 6.60. The summed E-state index contributed by atoms with van der Waals surface area (Å²) in [5, 5.41) is 1.30. The number of hydrogen-bond donors (Lipinski definition) is 0. The van der Waals surface area contributed by atoms with E-state index in [1.807, 2.05) is 42.5 Å². The van der Waals surface area contributed by atoms with Crippen LogP contribution in [-0.2, 0) is 5.75 Å². The highest BCUT2D eigenvalue weighted by Gasteiger charge is 2.24. The summed E-state index contributed by atoms with van der Waals surface area (Å²) in [6, 6.07) is 15.3. The molecule has 0 saturated carbocycles. The van der Waals surface area contributed by atoms with Crippen LogP contribution in [0.25, 0.3) is 10.4 Å². The fraction of sp³-hybridized carbons (Fsp3) is 0.105. The summed E-state index contributed by atoms with van der Waals surface area (Å²) in [6.45, 7) is 0. The number of anilines is 1. The van der Waals surface area contributed by atoms with Gasteiger partial charge < -0.3 is 4.90 Å². The molecule has 6 heteroatoms. The van der Waals surface area contributed by atoms with Crippen LogP contribution in [-0.4, -0.2) is 13.0 Å². The Labute approximate surface area is 164 Å². The highest BCUT2D eigenvalue weighted by molar-refractivity contribution is 7.98. The van der Waals surface area contributed by atoms with Crippen molar-refractivity contribution >= 4 is 57.9 Å². The number of rotatable bonds is 2. The number of amides is 1. The SMILES string of the molecule is CN(C(=O)c1cc2c(s1)-c1ccc(Cl)cc1SC2)c1ccccc1Cl. The fourth-order valence-electron chi connectivity index (χ4n) is 2.83. The average Bonchev–Trinajstić information content (AvgIpc) is 3.05. The van der Waals surface area contributed by atoms with Crippen molar-refractivity contribution in [2.45, 2.75) is 10.6 Å². The molecule has 4 rings (SSSR count). The van der Waals surface area contributed by atoms with Gasteiger partial charge in [0.1, 0.15) is 0 Å². The topological polar surface area (TPSA) is 20.3 Å². The van der Waals surface area contributed by atoms with Gasteiger partial charge in [-0.05, 0) is 35.9 Å². The van der Waals surface area contributed by atoms with Crippen molar-refractivity contribution in [1.29, 1.82) is 0 Å². The third-order valence-electron chi connectivity index (χ3n) is 4.11. The normalized spacial score (nSPS) is 12.4. The van der Waals surface area contributed by atoms with E-state index in [0.717, 1.165) is 26.1 Å². The fourth-order valence-corrected chi connectivity index (χ4v) is 5.75. The maximum Gasteiger partial charge on any atom is 0.268 e. The van der Waals surface area contributed by atoms with Crippen LogP contribution >= 0.6 is 46.3 Å². The molecule has 2 aromatic carbocycles. The molecular weight excluding hydrogens is 393 g/mol. The van der Waals surface area contributed by atoms with Crippen molar-refractivity contribution < 1.29 is 4.79 Å². The monoisotopic (exact) mass is 405 g/mol. The van der Waals surface area contributed by atoms with E-state index in [-0.39, 0.29) is 5.91 Å². The van der Waals surface area contributed by atoms with Crippen LogP contribution in [0.4, 0.5) is 5.69 Å². The van der Waals surface area contributed by atoms with Crippen molar-refractivity contribution in [1.82, 2.24) is 0 Å². The molecule has 1 aliphatic heterocycles. The van der Waals surface area contributed by atoms with Crippen molar-refractivity contribution in [3.63, 3.8) is 0 Å². The Morgan fingerprint density at radius 3 is 2.72 bits per heavy atom. The van der Waals surface area contributed by atoms with Gasteiger partial charge in [-0.25, -0.2) is 0 Å². The van der Waals surface area contributed by atoms with Gasteiger partial charge >= 0.3 is 0 Å². The Balaban J connectivity index is 1.71. The Bertz CT molecular complexity index is 983. The van der Waals surface area contributed by atoms with Crippen LogP contribution in [0.15, 0.2) is 53.4 Å². The lowest BCUT2D eigenvalue weighted by molar-refractivity contribution is 0.0997. The third-order valence-corrected chi connectivity index (χ3v) is 6.97. The first kappa shape index (κ1) is 17.0. The smallest absolute Gasteiger partial charge is 0.268 e. The second-order valence-corrected chi connectivity index (χ2v) is 8.62. The van der Waals surface area contributed by atoms with Gasteiger partial charge in [0.25, 0.3) is 5.91 Å². The van der Waals surface area contributed by atoms with Crippen LogP contribution < -0.4 is 4.90 Å². The number of para-hydroxylation sites is 1. The zero-order valence-electron chi connectivity index (χ0n) is 13.3. The summed E-state index contributed by atoms with van der Waals surface area (Å²) in [5.74, 6) is 0.801. The quantitative estimate of drug-likeness (QED) is 0.478. The lowest BCUT2D eigenvalue weighted by Gasteiger charge is -2.17. The summed E-state index contributed by atoms with van der Waals surface area (Å²) >= 11 is 15.6. The zero-order valence-corrected chi connectivity index (χ0v) is 16.4. The first-order chi connectivity index (χ1) is 12.0. The van der Waals surface area contributed by atoms with Gasteiger partial charge in [0, 0.05) is 33.2 Å². The lowest BCUT2D eigenvalue weighted by atomic mass is 10.1. The van der Waals surface area contributed by atoms with Crippen molar-refractivity contribution in [3.05, 3.63) is 69.0 Å². The van der Waals surface area contributed by atoms with Gasteiger partial charge in [0.15, 0.2) is 0 Å². The maximum absolute atomic E-state index is 12.9. The van der Waals surface area contributed by atoms with Crippen LogP contribution in [0.1, 0.15) is 15.2 Å². The van der Waals surface area contributed by atoms with Crippen LogP contribution in [0.2, 0.25) is 10.0 Å². The zero-order chi connectivity index (χ0) is 17.6. The Kier molecular flexibility index (Phi) is 4.54. The second-order valence-electron chi connectivity index (χ2n) is 5.71. The predicted molar refractivity (Wildman–Crippen MR) is 109 cm³/mol. The van der Waals surface area contributed by atoms with Crippen LogP contribution in [0, 0.1) is 0 Å². The largest absolute Gasteiger partial charge is 0.309 e. The molecule has 126 valence electrons. The molecule has 3 aromatic rings. The molecule has 2 heterocycles. The number of benzene rings is 2. The molecule has 0 N–H and O–H groups in total. The summed E-state index contributed by atoms with van der Waals surface area (Å²) in [4.78, 5) is 17.6. The van der Waals surface area contributed by atoms with E-state index in [2.05, 4.69) is 0 Å². The number of carbonyl (C=O) groups excluding carboxylic acids is 1. The third kappa shape index (κ3) is 3.08. The van der Waals surface area contributed by atoms with Crippen molar-refractivity contribution in [2.75, 3.05) is 11.9 Å². The standard InChI is InChI=1S/C19H13Cl2NOS2/c1-22(15-5-3-2-4-14(15)21)19(23)17-8-11-10-24-16-9-12(20)6-7-13(16)18(11)25-17/h2-9H,10H2,1H3. The number of fused-ring (bicyclic) bond motifs is 3. The molecule has 0 atom stereocenters. The highest BCUT2D eigenvalue weighted by atomic mass is 35.5. The Hall–Kier alpha value is -1.46. The summed E-state index contributed by atoms with van der Waals surface area (Å²) in [5.41, 5.74) is 3.06. The molecule has 2 nitrogen and oxygen atoms in total. The summed E-state index contributed by atoms with van der Waals surface area (Å²) in [7, 11) is 1.75. The van der Waals surface area contributed by atoms with Gasteiger partial charge in [-0.15, -0.1) is 23.1 Å². The summed E-state index contributed by atoms with van der Waals surface area (Å²) in [6.07, 6.45) is 0. The van der Waals surface area contributed by atoms with Crippen LogP contribution in [0.5, 0.6) is 0 Å². The van der Waals surface area contributed by atoms with Crippen LogP contribution in [0.3, 0.4) is 0 Å². The molecule has 0 aliphatic carbocycles. The molecule has 0 saturated heterocycles. The first-order valence-corrected chi connectivity index (χ1v) is 10.2. The maximum atomic E-state index is 12.9. The molecule has 25 heavy (non-hydrogen) atoms. The minimum atomic E-state index is -0.0481. The Morgan fingerprint density at radius 2 is 1.92 bits per heavy atom. The van der Waals surface area contributed by atoms with E-state index in [1.165, 1.54) is 21.8 Å². The average molecular weight is 406 g/mol. The van der Waals surface area contributed by atoms with E-state index in [9.17, 15) is 4.79 Å². The molecule has 0 unspecified atom stereocenters. The van der Waals surface area contributed by atoms with Gasteiger partial charge in [-0.3, -0.25) is 4.79 Å². The van der Waals surface area contributed by atoms with E-state index in [1.54, 1.807) is 29.8 Å². The van der Waals surface area contributed by atoms with Crippen molar-refractivity contribution in [3.8, 4) is 10.4 Å². The molecule has 0 fully saturated rings. The summed E-state index contributed by atoms with van der Waals surface area (Å²) < 4.78 is 0. The van der Waals surface area contributed by atoms with E-state index in [4.69, 9.17) is 23.2 Å². The van der Waals surface area contributed by atoms with E-state index >= 15 is 0 Å². The van der Waals surface area contributed by atoms with Gasteiger partial charge in [-0.2, -0.15) is 0 Å². The highest BCUT2D eigenvalue weighted by Crippen LogP contribution is 2.46. The van der Waals surface area contributed by atoms with E-state index < -0.39 is 0 Å². The number of carbonyl (C=O) groups is 1. The molecule has 1 amide bonds. The molecule has 0 spiro atoms. The lowest BCUT2D eigenvalue weighted by Crippen LogP contribution is -2.25. The molecule has 0 bridgehead atoms. The number of thiophene rings is 1. The van der Waals surface area contributed by atoms with Crippen molar-refractivity contribution in [2.24, 2.45) is 0 Å². The molecular formula is C19H13Cl2NOS2. The number of nitrogens with zero attached hydrogens (tertiary/aromatic N) is 1. The molecule has 1 aromatic heterocycles. The van der Waals surface area contributed by atoms with Gasteiger partial charge in [-0.1, -0.05) is 41.4 Å². The number of halogens is 2.